The second-order valence-electron chi connectivity index (χ2n) is 7.01. The van der Waals surface area contributed by atoms with Crippen LogP contribution in [-0.4, -0.2) is 33.8 Å². The Hall–Kier alpha value is 1.26. The Morgan fingerprint density at radius 3 is 1.00 bits per heavy atom. The first-order valence-corrected chi connectivity index (χ1v) is 13.5. The van der Waals surface area contributed by atoms with Crippen LogP contribution in [0.4, 0.5) is 0 Å². The maximum absolute atomic E-state index is 2.30. The molecule has 0 aliphatic heterocycles. The van der Waals surface area contributed by atoms with Crippen molar-refractivity contribution in [2.45, 2.75) is 122 Å². The molecule has 0 spiro atoms. The molecule has 0 bridgehead atoms. The third kappa shape index (κ3) is 21.3. The molecule has 0 rings (SSSR count). The fraction of sp³-hybridized carbons (Fsp3) is 1.00. The van der Waals surface area contributed by atoms with E-state index in [0.29, 0.717) is 0 Å². The summed E-state index contributed by atoms with van der Waals surface area (Å²) >= 11 is -0.0953. The molecule has 0 N–H and O–H groups in total. The Morgan fingerprint density at radius 1 is 0.381 bits per heavy atom. The van der Waals surface area contributed by atoms with Crippen LogP contribution >= 0.6 is 0 Å². The van der Waals surface area contributed by atoms with Crippen molar-refractivity contribution in [2.75, 3.05) is 0 Å². The molecular formula is C20H42Ca. The molecule has 0 fully saturated rings. The zero-order valence-corrected chi connectivity index (χ0v) is 17.6. The van der Waals surface area contributed by atoms with Gasteiger partial charge in [0.1, 0.15) is 0 Å². The molecule has 0 aromatic rings. The van der Waals surface area contributed by atoms with Gasteiger partial charge in [0.05, 0.1) is 0 Å². The van der Waals surface area contributed by atoms with Gasteiger partial charge in [-0.15, -0.1) is 0 Å². The predicted octanol–water partition coefficient (Wildman–Crippen LogP) is 7.81. The van der Waals surface area contributed by atoms with Gasteiger partial charge in [-0.25, -0.2) is 0 Å². The topological polar surface area (TPSA) is 0 Å². The fourth-order valence-corrected chi connectivity index (χ4v) is 5.91. The van der Waals surface area contributed by atoms with Crippen molar-refractivity contribution >= 4 is 33.8 Å². The first-order valence-electron chi connectivity index (χ1n) is 10.4. The second-order valence-corrected chi connectivity index (χ2v) is 10.3. The average Bonchev–Trinajstić information content (AvgIpc) is 2.50. The van der Waals surface area contributed by atoms with Gasteiger partial charge in [0.25, 0.3) is 0 Å². The van der Waals surface area contributed by atoms with Crippen molar-refractivity contribution in [2.24, 2.45) is 0 Å². The minimum absolute atomic E-state index is 0.0953. The SMILES string of the molecule is CCCCCCCCC[CH2][Ca][CH2]CCCCCCCCC. The molecule has 0 aromatic carbocycles. The number of hydrogen-bond acceptors (Lipinski definition) is 0. The Labute approximate surface area is 154 Å². The third-order valence-corrected chi connectivity index (χ3v) is 7.83. The van der Waals surface area contributed by atoms with Gasteiger partial charge in [-0.05, 0) is 0 Å². The average molecular weight is 323 g/mol. The van der Waals surface area contributed by atoms with Crippen molar-refractivity contribution in [3.63, 3.8) is 0 Å². The van der Waals surface area contributed by atoms with Crippen LogP contribution in [0.15, 0.2) is 0 Å². The zero-order valence-electron chi connectivity index (χ0n) is 15.4. The molecule has 1 heteroatoms. The molecule has 0 unspecified atom stereocenters. The molecule has 0 aliphatic rings. The van der Waals surface area contributed by atoms with Crippen LogP contribution in [0.2, 0.25) is 5.04 Å². The summed E-state index contributed by atoms with van der Waals surface area (Å²) < 4.78 is 3.36. The molecule has 21 heavy (non-hydrogen) atoms. The molecule has 0 atom stereocenters. The standard InChI is InChI=1S/2C10H21.Ca/c2*1-3-5-7-9-10-8-6-4-2;/h2*1,3-10H2,2H3;. The van der Waals surface area contributed by atoms with Gasteiger partial charge in [0.15, 0.2) is 0 Å². The van der Waals surface area contributed by atoms with Crippen LogP contribution in [-0.2, 0) is 0 Å². The van der Waals surface area contributed by atoms with E-state index in [1.54, 1.807) is 17.9 Å². The van der Waals surface area contributed by atoms with E-state index in [-0.39, 0.29) is 33.8 Å². The predicted molar refractivity (Wildman–Crippen MR) is 101 cm³/mol. The van der Waals surface area contributed by atoms with Gasteiger partial charge in [0.2, 0.25) is 0 Å². The molecule has 0 radical (unpaired) electrons. The summed E-state index contributed by atoms with van der Waals surface area (Å²) in [6, 6.07) is 0. The van der Waals surface area contributed by atoms with Gasteiger partial charge in [-0.2, -0.15) is 0 Å². The zero-order chi connectivity index (χ0) is 15.4. The van der Waals surface area contributed by atoms with E-state index in [2.05, 4.69) is 13.8 Å². The second kappa shape index (κ2) is 21.3. The van der Waals surface area contributed by atoms with Crippen molar-refractivity contribution in [3.05, 3.63) is 0 Å². The van der Waals surface area contributed by atoms with E-state index in [4.69, 9.17) is 0 Å². The Balaban J connectivity index is 2.90. The van der Waals surface area contributed by atoms with E-state index in [9.17, 15) is 0 Å². The van der Waals surface area contributed by atoms with Crippen LogP contribution in [0.25, 0.3) is 0 Å². The molecule has 0 heterocycles. The molecule has 0 nitrogen and oxygen atoms in total. The molecule has 0 saturated heterocycles. The van der Waals surface area contributed by atoms with Crippen molar-refractivity contribution in [3.8, 4) is 0 Å². The summed E-state index contributed by atoms with van der Waals surface area (Å²) in [5, 5.41) is 0. The number of rotatable bonds is 18. The summed E-state index contributed by atoms with van der Waals surface area (Å²) in [6.07, 6.45) is 23.9. The molecular weight excluding hydrogens is 280 g/mol. The molecule has 0 aliphatic carbocycles. The fourth-order valence-electron chi connectivity index (χ4n) is 3.15. The summed E-state index contributed by atoms with van der Waals surface area (Å²) in [5.41, 5.74) is 0. The van der Waals surface area contributed by atoms with Crippen LogP contribution in [0.3, 0.4) is 0 Å². The van der Waals surface area contributed by atoms with Crippen LogP contribution in [0.5, 0.6) is 0 Å². The minimum atomic E-state index is -0.0953. The molecule has 0 saturated carbocycles. The van der Waals surface area contributed by atoms with Crippen LogP contribution in [0, 0.1) is 0 Å². The molecule has 124 valence electrons. The third-order valence-electron chi connectivity index (χ3n) is 4.71. The van der Waals surface area contributed by atoms with Gasteiger partial charge >= 0.3 is 155 Å². The molecule has 0 aromatic heterocycles. The number of unbranched alkanes of at least 4 members (excludes halogenated alkanes) is 14. The van der Waals surface area contributed by atoms with E-state index < -0.39 is 0 Å². The first-order chi connectivity index (χ1) is 10.4. The van der Waals surface area contributed by atoms with Gasteiger partial charge in [0, 0.05) is 0 Å². The van der Waals surface area contributed by atoms with Gasteiger partial charge in [-0.1, -0.05) is 0 Å². The van der Waals surface area contributed by atoms with Crippen LogP contribution < -0.4 is 0 Å². The quantitative estimate of drug-likeness (QED) is 0.178. The van der Waals surface area contributed by atoms with E-state index in [1.165, 1.54) is 89.9 Å². The Morgan fingerprint density at radius 2 is 0.667 bits per heavy atom. The summed E-state index contributed by atoms with van der Waals surface area (Å²) in [7, 11) is 0. The van der Waals surface area contributed by atoms with Crippen molar-refractivity contribution in [1.29, 1.82) is 0 Å². The van der Waals surface area contributed by atoms with Crippen LogP contribution in [0.1, 0.15) is 117 Å². The monoisotopic (exact) mass is 322 g/mol. The van der Waals surface area contributed by atoms with Gasteiger partial charge < -0.3 is 0 Å². The van der Waals surface area contributed by atoms with Crippen molar-refractivity contribution < 1.29 is 0 Å². The first kappa shape index (κ1) is 22.3. The van der Waals surface area contributed by atoms with Crippen molar-refractivity contribution in [1.82, 2.24) is 0 Å². The van der Waals surface area contributed by atoms with Gasteiger partial charge in [-0.3, -0.25) is 0 Å². The van der Waals surface area contributed by atoms with E-state index in [0.717, 1.165) is 0 Å². The molecule has 0 amide bonds. The summed E-state index contributed by atoms with van der Waals surface area (Å²) in [6.45, 7) is 4.61. The van der Waals surface area contributed by atoms with E-state index in [1.807, 2.05) is 0 Å². The summed E-state index contributed by atoms with van der Waals surface area (Å²) in [5.74, 6) is 0. The Kier molecular flexibility index (Phi) is 22.5. The summed E-state index contributed by atoms with van der Waals surface area (Å²) in [4.78, 5) is 0. The van der Waals surface area contributed by atoms with E-state index >= 15 is 0 Å². The maximum atomic E-state index is 2.30. The Bertz CT molecular complexity index is 149. The number of hydrogen-bond donors (Lipinski definition) is 0. The normalized spacial score (nSPS) is 10.8.